The van der Waals surface area contributed by atoms with Crippen molar-refractivity contribution < 1.29 is 4.74 Å². The summed E-state index contributed by atoms with van der Waals surface area (Å²) >= 11 is 0. The fourth-order valence-electron chi connectivity index (χ4n) is 1.10. The summed E-state index contributed by atoms with van der Waals surface area (Å²) in [5, 5.41) is 0. The summed E-state index contributed by atoms with van der Waals surface area (Å²) in [4.78, 5) is 0. The summed E-state index contributed by atoms with van der Waals surface area (Å²) in [6.07, 6.45) is 1.67. The first-order valence-corrected chi connectivity index (χ1v) is 4.00. The zero-order valence-electron chi connectivity index (χ0n) is 7.66. The predicted molar refractivity (Wildman–Crippen MR) is 54.5 cm³/mol. The quantitative estimate of drug-likeness (QED) is 0.544. The minimum absolute atomic E-state index is 0.173. The Kier molecular flexibility index (Phi) is 2.93. The van der Waals surface area contributed by atoms with E-state index in [1.165, 1.54) is 0 Å². The van der Waals surface area contributed by atoms with Crippen molar-refractivity contribution in [1.29, 1.82) is 0 Å². The highest BCUT2D eigenvalue weighted by Gasteiger charge is 2.04. The fourth-order valence-corrected chi connectivity index (χ4v) is 1.10. The van der Waals surface area contributed by atoms with E-state index in [-0.39, 0.29) is 6.04 Å². The molecule has 1 aromatic rings. The van der Waals surface area contributed by atoms with Crippen LogP contribution in [0.3, 0.4) is 0 Å². The number of nitrogens with two attached hydrogens (primary N) is 2. The van der Waals surface area contributed by atoms with E-state index in [9.17, 15) is 0 Å². The zero-order chi connectivity index (χ0) is 9.84. The van der Waals surface area contributed by atoms with Crippen LogP contribution in [0.5, 0.6) is 5.75 Å². The molecule has 70 valence electrons. The van der Waals surface area contributed by atoms with Crippen LogP contribution in [0.4, 0.5) is 5.69 Å². The summed E-state index contributed by atoms with van der Waals surface area (Å²) in [6.45, 7) is 3.61. The molecule has 0 aromatic heterocycles. The van der Waals surface area contributed by atoms with Gasteiger partial charge in [0.25, 0.3) is 0 Å². The Morgan fingerprint density at radius 2 is 2.23 bits per heavy atom. The SMILES string of the molecule is C=C[C@H](N)c1ccc(OC)c(N)c1. The highest BCUT2D eigenvalue weighted by Crippen LogP contribution is 2.24. The maximum absolute atomic E-state index is 5.74. The number of hydrogen-bond donors (Lipinski definition) is 2. The average molecular weight is 178 g/mol. The number of ether oxygens (including phenoxy) is 1. The maximum Gasteiger partial charge on any atom is 0.141 e. The van der Waals surface area contributed by atoms with E-state index in [2.05, 4.69) is 6.58 Å². The molecule has 0 aliphatic carbocycles. The average Bonchev–Trinajstić information content (AvgIpc) is 2.16. The highest BCUT2D eigenvalue weighted by atomic mass is 16.5. The molecule has 0 radical (unpaired) electrons. The van der Waals surface area contributed by atoms with Crippen molar-refractivity contribution in [2.45, 2.75) is 6.04 Å². The first-order valence-electron chi connectivity index (χ1n) is 4.00. The second kappa shape index (κ2) is 3.96. The Labute approximate surface area is 78.0 Å². The van der Waals surface area contributed by atoms with Gasteiger partial charge in [0.15, 0.2) is 0 Å². The molecule has 0 saturated carbocycles. The van der Waals surface area contributed by atoms with Crippen LogP contribution in [0.1, 0.15) is 11.6 Å². The summed E-state index contributed by atoms with van der Waals surface area (Å²) in [5.41, 5.74) is 13.0. The van der Waals surface area contributed by atoms with Crippen molar-refractivity contribution in [2.24, 2.45) is 5.73 Å². The van der Waals surface area contributed by atoms with Gasteiger partial charge in [-0.2, -0.15) is 0 Å². The van der Waals surface area contributed by atoms with Crippen LogP contribution >= 0.6 is 0 Å². The van der Waals surface area contributed by atoms with E-state index >= 15 is 0 Å². The molecular formula is C10H14N2O. The molecule has 1 rings (SSSR count). The van der Waals surface area contributed by atoms with Crippen molar-refractivity contribution in [2.75, 3.05) is 12.8 Å². The molecule has 1 atom stereocenters. The van der Waals surface area contributed by atoms with Crippen molar-refractivity contribution in [1.82, 2.24) is 0 Å². The molecule has 0 heterocycles. The lowest BCUT2D eigenvalue weighted by Crippen LogP contribution is -2.07. The minimum Gasteiger partial charge on any atom is -0.495 e. The van der Waals surface area contributed by atoms with Gasteiger partial charge >= 0.3 is 0 Å². The van der Waals surface area contributed by atoms with Crippen LogP contribution in [-0.4, -0.2) is 7.11 Å². The van der Waals surface area contributed by atoms with Gasteiger partial charge in [0.2, 0.25) is 0 Å². The largest absolute Gasteiger partial charge is 0.495 e. The van der Waals surface area contributed by atoms with Gasteiger partial charge in [0.1, 0.15) is 5.75 Å². The Morgan fingerprint density at radius 3 is 2.69 bits per heavy atom. The van der Waals surface area contributed by atoms with Crippen LogP contribution < -0.4 is 16.2 Å². The molecule has 0 fully saturated rings. The van der Waals surface area contributed by atoms with E-state index in [0.29, 0.717) is 11.4 Å². The molecule has 3 heteroatoms. The molecule has 0 aliphatic rings. The molecule has 0 spiro atoms. The van der Waals surface area contributed by atoms with Crippen molar-refractivity contribution in [3.8, 4) is 5.75 Å². The van der Waals surface area contributed by atoms with Gasteiger partial charge in [-0.1, -0.05) is 12.1 Å². The molecule has 0 unspecified atom stereocenters. The highest BCUT2D eigenvalue weighted by molar-refractivity contribution is 5.55. The fraction of sp³-hybridized carbons (Fsp3) is 0.200. The van der Waals surface area contributed by atoms with E-state index in [4.69, 9.17) is 16.2 Å². The van der Waals surface area contributed by atoms with Gasteiger partial charge in [0.05, 0.1) is 12.8 Å². The summed E-state index contributed by atoms with van der Waals surface area (Å²) < 4.78 is 5.02. The Hall–Kier alpha value is -1.48. The lowest BCUT2D eigenvalue weighted by atomic mass is 10.1. The van der Waals surface area contributed by atoms with Crippen LogP contribution in [-0.2, 0) is 0 Å². The molecular weight excluding hydrogens is 164 g/mol. The van der Waals surface area contributed by atoms with Gasteiger partial charge in [-0.25, -0.2) is 0 Å². The van der Waals surface area contributed by atoms with E-state index in [1.807, 2.05) is 6.07 Å². The van der Waals surface area contributed by atoms with Gasteiger partial charge < -0.3 is 16.2 Å². The molecule has 0 saturated heterocycles. The third kappa shape index (κ3) is 2.00. The maximum atomic E-state index is 5.74. The number of methoxy groups -OCH3 is 1. The third-order valence-electron chi connectivity index (χ3n) is 1.89. The molecule has 0 amide bonds. The molecule has 4 N–H and O–H groups in total. The van der Waals surface area contributed by atoms with Gasteiger partial charge in [0, 0.05) is 6.04 Å². The molecule has 1 aromatic carbocycles. The topological polar surface area (TPSA) is 61.3 Å². The van der Waals surface area contributed by atoms with Crippen LogP contribution in [0.15, 0.2) is 30.9 Å². The number of nitrogen functional groups attached to an aromatic ring is 1. The van der Waals surface area contributed by atoms with Crippen LogP contribution in [0.2, 0.25) is 0 Å². The summed E-state index contributed by atoms with van der Waals surface area (Å²) in [6, 6.07) is 5.30. The first kappa shape index (κ1) is 9.61. The second-order valence-corrected chi connectivity index (χ2v) is 2.76. The van der Waals surface area contributed by atoms with Crippen molar-refractivity contribution in [3.63, 3.8) is 0 Å². The second-order valence-electron chi connectivity index (χ2n) is 2.76. The summed E-state index contributed by atoms with van der Waals surface area (Å²) in [5.74, 6) is 0.667. The van der Waals surface area contributed by atoms with E-state index in [1.54, 1.807) is 25.3 Å². The van der Waals surface area contributed by atoms with Crippen LogP contribution in [0, 0.1) is 0 Å². The standard InChI is InChI=1S/C10H14N2O/c1-3-8(11)7-4-5-10(13-2)9(12)6-7/h3-6,8H,1,11-12H2,2H3/t8-/m0/s1. The number of benzene rings is 1. The summed E-state index contributed by atoms with van der Waals surface area (Å²) in [7, 11) is 1.58. The zero-order valence-corrected chi connectivity index (χ0v) is 7.66. The van der Waals surface area contributed by atoms with Gasteiger partial charge in [-0.05, 0) is 17.7 Å². The molecule has 0 aliphatic heterocycles. The number of hydrogen-bond acceptors (Lipinski definition) is 3. The monoisotopic (exact) mass is 178 g/mol. The lowest BCUT2D eigenvalue weighted by Gasteiger charge is -2.09. The number of anilines is 1. The third-order valence-corrected chi connectivity index (χ3v) is 1.89. The van der Waals surface area contributed by atoms with E-state index in [0.717, 1.165) is 5.56 Å². The first-order chi connectivity index (χ1) is 6.19. The van der Waals surface area contributed by atoms with Crippen molar-refractivity contribution >= 4 is 5.69 Å². The lowest BCUT2D eigenvalue weighted by molar-refractivity contribution is 0.417. The normalized spacial score (nSPS) is 12.2. The van der Waals surface area contributed by atoms with Gasteiger partial charge in [-0.15, -0.1) is 6.58 Å². The Balaban J connectivity index is 3.02. The Bertz CT molecular complexity index is 310. The van der Waals surface area contributed by atoms with Crippen molar-refractivity contribution in [3.05, 3.63) is 36.4 Å². The molecule has 13 heavy (non-hydrogen) atoms. The molecule has 3 nitrogen and oxygen atoms in total. The predicted octanol–water partition coefficient (Wildman–Crippen LogP) is 1.46. The number of rotatable bonds is 3. The van der Waals surface area contributed by atoms with Gasteiger partial charge in [-0.3, -0.25) is 0 Å². The molecule has 0 bridgehead atoms. The Morgan fingerprint density at radius 1 is 1.54 bits per heavy atom. The van der Waals surface area contributed by atoms with E-state index < -0.39 is 0 Å². The smallest absolute Gasteiger partial charge is 0.141 e. The van der Waals surface area contributed by atoms with Crippen LogP contribution in [0.25, 0.3) is 0 Å². The minimum atomic E-state index is -0.173.